The maximum absolute atomic E-state index is 13.8. The van der Waals surface area contributed by atoms with E-state index in [1.165, 1.54) is 16.3 Å². The average Bonchev–Trinajstić information content (AvgIpc) is 2.87. The van der Waals surface area contributed by atoms with Crippen molar-refractivity contribution in [2.75, 3.05) is 12.9 Å². The maximum Gasteiger partial charge on any atom is 0.268 e. The first-order valence-corrected chi connectivity index (χ1v) is 12.4. The fraction of sp³-hybridized carbons (Fsp3) is 0.231. The molecule has 34 heavy (non-hydrogen) atoms. The van der Waals surface area contributed by atoms with Crippen LogP contribution >= 0.6 is 23.4 Å². The van der Waals surface area contributed by atoms with Gasteiger partial charge in [-0.3, -0.25) is 14.2 Å². The van der Waals surface area contributed by atoms with E-state index in [-0.39, 0.29) is 17.1 Å². The van der Waals surface area contributed by atoms with Crippen LogP contribution in [0.25, 0.3) is 16.7 Å². The lowest BCUT2D eigenvalue weighted by Gasteiger charge is -2.18. The first-order chi connectivity index (χ1) is 16.5. The zero-order valence-corrected chi connectivity index (χ0v) is 20.2. The predicted molar refractivity (Wildman–Crippen MR) is 135 cm³/mol. The molecule has 0 spiro atoms. The van der Waals surface area contributed by atoms with E-state index in [1.807, 2.05) is 24.3 Å². The Morgan fingerprint density at radius 1 is 1.09 bits per heavy atom. The molecular weight excluding hydrogens is 470 g/mol. The number of aryl methyl sites for hydroxylation is 2. The summed E-state index contributed by atoms with van der Waals surface area (Å²) in [6, 6.07) is 16.0. The number of pyridine rings is 1. The van der Waals surface area contributed by atoms with Crippen molar-refractivity contribution < 1.29 is 9.53 Å². The lowest BCUT2D eigenvalue weighted by atomic mass is 9.95. The van der Waals surface area contributed by atoms with Gasteiger partial charge in [-0.25, -0.2) is 9.97 Å². The van der Waals surface area contributed by atoms with Crippen LogP contribution in [0.3, 0.4) is 0 Å². The Balaban J connectivity index is 1.63. The maximum atomic E-state index is 13.8. The van der Waals surface area contributed by atoms with Gasteiger partial charge < -0.3 is 4.74 Å². The second-order valence-corrected chi connectivity index (χ2v) is 9.48. The van der Waals surface area contributed by atoms with Crippen molar-refractivity contribution in [3.05, 3.63) is 86.8 Å². The second-order valence-electron chi connectivity index (χ2n) is 8.10. The molecule has 172 valence electrons. The highest BCUT2D eigenvalue weighted by molar-refractivity contribution is 7.99. The Morgan fingerprint density at radius 3 is 2.65 bits per heavy atom. The van der Waals surface area contributed by atoms with Gasteiger partial charge in [-0.15, -0.1) is 0 Å². The molecule has 2 heterocycles. The summed E-state index contributed by atoms with van der Waals surface area (Å²) < 4.78 is 7.05. The SMILES string of the molecule is COc1ccccc1-n1c(SCC(=O)c2ccc(Cl)cc2)nc2nc3c(cc2c1=O)CCCC3. The number of carbonyl (C=O) groups is 1. The number of Topliss-reactive ketones (excluding diaryl/α,β-unsaturated/α-hetero) is 1. The van der Waals surface area contributed by atoms with Crippen LogP contribution in [0.15, 0.2) is 64.5 Å². The molecule has 6 nitrogen and oxygen atoms in total. The van der Waals surface area contributed by atoms with E-state index in [9.17, 15) is 9.59 Å². The molecule has 0 saturated heterocycles. The Labute approximate surface area is 206 Å². The summed E-state index contributed by atoms with van der Waals surface area (Å²) in [7, 11) is 1.56. The van der Waals surface area contributed by atoms with E-state index < -0.39 is 0 Å². The van der Waals surface area contributed by atoms with Gasteiger partial charge in [0, 0.05) is 16.3 Å². The van der Waals surface area contributed by atoms with E-state index in [1.54, 1.807) is 37.4 Å². The zero-order valence-electron chi connectivity index (χ0n) is 18.6. The van der Waals surface area contributed by atoms with E-state index in [0.29, 0.717) is 38.2 Å². The number of ether oxygens (including phenoxy) is 1. The molecule has 4 aromatic rings. The Bertz CT molecular complexity index is 1450. The predicted octanol–water partition coefficient (Wildman–Crippen LogP) is 5.30. The van der Waals surface area contributed by atoms with Crippen LogP contribution < -0.4 is 10.3 Å². The highest BCUT2D eigenvalue weighted by Gasteiger charge is 2.21. The number of thioether (sulfide) groups is 1. The van der Waals surface area contributed by atoms with Gasteiger partial charge in [-0.1, -0.05) is 35.5 Å². The number of methoxy groups -OCH3 is 1. The van der Waals surface area contributed by atoms with Gasteiger partial charge in [0.15, 0.2) is 16.6 Å². The van der Waals surface area contributed by atoms with Gasteiger partial charge in [0.1, 0.15) is 5.75 Å². The first kappa shape index (κ1) is 22.6. The number of hydrogen-bond donors (Lipinski definition) is 0. The molecule has 2 aromatic heterocycles. The summed E-state index contributed by atoms with van der Waals surface area (Å²) >= 11 is 7.15. The van der Waals surface area contributed by atoms with Gasteiger partial charge >= 0.3 is 0 Å². The molecular formula is C26H22ClN3O3S. The Morgan fingerprint density at radius 2 is 1.85 bits per heavy atom. The minimum Gasteiger partial charge on any atom is -0.495 e. The largest absolute Gasteiger partial charge is 0.495 e. The molecule has 8 heteroatoms. The van der Waals surface area contributed by atoms with Gasteiger partial charge in [0.25, 0.3) is 5.56 Å². The summed E-state index contributed by atoms with van der Waals surface area (Å²) in [6.07, 6.45) is 3.98. The average molecular weight is 492 g/mol. The van der Waals surface area contributed by atoms with Crippen LogP contribution in [0.4, 0.5) is 0 Å². The number of rotatable bonds is 6. The Kier molecular flexibility index (Phi) is 6.39. The first-order valence-electron chi connectivity index (χ1n) is 11.1. The molecule has 0 fully saturated rings. The van der Waals surface area contributed by atoms with Crippen molar-refractivity contribution in [1.82, 2.24) is 14.5 Å². The van der Waals surface area contributed by atoms with E-state index in [2.05, 4.69) is 0 Å². The highest BCUT2D eigenvalue weighted by atomic mass is 35.5. The lowest BCUT2D eigenvalue weighted by molar-refractivity contribution is 0.102. The van der Waals surface area contributed by atoms with Gasteiger partial charge in [-0.05, 0) is 73.7 Å². The summed E-state index contributed by atoms with van der Waals surface area (Å²) in [5.74, 6) is 0.572. The molecule has 1 aliphatic carbocycles. The summed E-state index contributed by atoms with van der Waals surface area (Å²) in [6.45, 7) is 0. The van der Waals surface area contributed by atoms with Crippen molar-refractivity contribution >= 4 is 40.2 Å². The number of aromatic nitrogens is 3. The number of para-hydroxylation sites is 2. The minimum absolute atomic E-state index is 0.0824. The number of carbonyl (C=O) groups excluding carboxylic acids is 1. The highest BCUT2D eigenvalue weighted by Crippen LogP contribution is 2.29. The molecule has 0 atom stereocenters. The standard InChI is InChI=1S/C26H22ClN3O3S/c1-33-23-9-5-4-8-21(23)30-25(32)19-14-17-6-2-3-7-20(17)28-24(19)29-26(30)34-15-22(31)16-10-12-18(27)13-11-16/h4-5,8-14H,2-3,6-7,15H2,1H3. The van der Waals surface area contributed by atoms with Crippen LogP contribution in [0.2, 0.25) is 5.02 Å². The molecule has 5 rings (SSSR count). The molecule has 0 unspecified atom stereocenters. The number of ketones is 1. The molecule has 0 bridgehead atoms. The van der Waals surface area contributed by atoms with Gasteiger partial charge in [-0.2, -0.15) is 0 Å². The quantitative estimate of drug-likeness (QED) is 0.207. The monoisotopic (exact) mass is 491 g/mol. The van der Waals surface area contributed by atoms with Crippen LogP contribution in [0, 0.1) is 0 Å². The molecule has 0 saturated carbocycles. The smallest absolute Gasteiger partial charge is 0.268 e. The van der Waals surface area contributed by atoms with Gasteiger partial charge in [0.2, 0.25) is 0 Å². The zero-order chi connectivity index (χ0) is 23.7. The molecule has 0 amide bonds. The molecule has 1 aliphatic rings. The van der Waals surface area contributed by atoms with Crippen molar-refractivity contribution in [3.8, 4) is 11.4 Å². The fourth-order valence-corrected chi connectivity index (χ4v) is 5.20. The van der Waals surface area contributed by atoms with Crippen molar-refractivity contribution in [3.63, 3.8) is 0 Å². The van der Waals surface area contributed by atoms with Crippen molar-refractivity contribution in [2.24, 2.45) is 0 Å². The van der Waals surface area contributed by atoms with Crippen LogP contribution in [-0.4, -0.2) is 33.2 Å². The number of hydrogen-bond acceptors (Lipinski definition) is 6. The molecule has 0 radical (unpaired) electrons. The van der Waals surface area contributed by atoms with E-state index in [0.717, 1.165) is 36.9 Å². The summed E-state index contributed by atoms with van der Waals surface area (Å²) in [4.78, 5) is 36.1. The second kappa shape index (κ2) is 9.60. The third-order valence-electron chi connectivity index (χ3n) is 5.93. The third-order valence-corrected chi connectivity index (χ3v) is 7.12. The number of halogens is 1. The fourth-order valence-electron chi connectivity index (χ4n) is 4.19. The Hall–Kier alpha value is -3.16. The molecule has 0 aliphatic heterocycles. The van der Waals surface area contributed by atoms with Crippen molar-refractivity contribution in [2.45, 2.75) is 30.8 Å². The number of fused-ring (bicyclic) bond motifs is 2. The summed E-state index contributed by atoms with van der Waals surface area (Å²) in [5, 5.41) is 1.44. The lowest BCUT2D eigenvalue weighted by Crippen LogP contribution is -2.24. The minimum atomic E-state index is -0.225. The third kappa shape index (κ3) is 4.33. The van der Waals surface area contributed by atoms with Crippen LogP contribution in [-0.2, 0) is 12.8 Å². The van der Waals surface area contributed by atoms with Crippen LogP contribution in [0.1, 0.15) is 34.5 Å². The van der Waals surface area contributed by atoms with Gasteiger partial charge in [0.05, 0.1) is 23.9 Å². The topological polar surface area (TPSA) is 74.1 Å². The summed E-state index contributed by atoms with van der Waals surface area (Å²) in [5.41, 5.74) is 3.44. The van der Waals surface area contributed by atoms with E-state index in [4.69, 9.17) is 26.3 Å². The van der Waals surface area contributed by atoms with Crippen molar-refractivity contribution in [1.29, 1.82) is 0 Å². The van der Waals surface area contributed by atoms with Crippen LogP contribution in [0.5, 0.6) is 5.75 Å². The number of nitrogens with zero attached hydrogens (tertiary/aromatic N) is 3. The number of benzene rings is 2. The molecule has 0 N–H and O–H groups in total. The molecule has 2 aromatic carbocycles. The van der Waals surface area contributed by atoms with E-state index >= 15 is 0 Å². The normalized spacial score (nSPS) is 13.0.